The monoisotopic (exact) mass is 434 g/mol. The number of unbranched alkanes of at least 4 members (excludes halogenated alkanes) is 1. The number of hydrogen-bond acceptors (Lipinski definition) is 8. The first-order chi connectivity index (χ1) is 14.6. The molecule has 0 heterocycles. The largest absolute Gasteiger partial charge is 0.463 e. The van der Waals surface area contributed by atoms with Crippen LogP contribution in [0.5, 0.6) is 0 Å². The van der Waals surface area contributed by atoms with Crippen LogP contribution in [-0.4, -0.2) is 94.5 Å². The molecular formula is C21H40NO8+. The lowest BCUT2D eigenvalue weighted by Gasteiger charge is -2.18. The van der Waals surface area contributed by atoms with Crippen LogP contribution in [-0.2, 0) is 28.5 Å². The van der Waals surface area contributed by atoms with Crippen molar-refractivity contribution in [3.05, 3.63) is 25.3 Å². The standard InChI is InChI=1S/C21H39NO8/c1-3-5-12-29-20(16-26-11-6-7-13-30-21(25)4-2)17-27-14-8-19(24)15-28-18-22-9-10-23/h3-4,19-20,22-24H,1-2,5-18H2/p+1. The van der Waals surface area contributed by atoms with E-state index in [1.54, 1.807) is 6.08 Å². The Hall–Kier alpha value is -1.33. The Labute approximate surface area is 180 Å². The molecule has 0 aliphatic carbocycles. The topological polar surface area (TPSA) is 120 Å². The molecule has 0 bridgehead atoms. The molecule has 0 aromatic rings. The summed E-state index contributed by atoms with van der Waals surface area (Å²) in [7, 11) is 0. The van der Waals surface area contributed by atoms with Gasteiger partial charge in [-0.2, -0.15) is 0 Å². The number of esters is 1. The molecule has 0 fully saturated rings. The molecule has 4 N–H and O–H groups in total. The van der Waals surface area contributed by atoms with Crippen molar-refractivity contribution in [2.75, 3.05) is 66.1 Å². The highest BCUT2D eigenvalue weighted by molar-refractivity contribution is 5.81. The zero-order valence-corrected chi connectivity index (χ0v) is 18.0. The van der Waals surface area contributed by atoms with Crippen molar-refractivity contribution in [1.29, 1.82) is 0 Å². The molecule has 9 nitrogen and oxygen atoms in total. The van der Waals surface area contributed by atoms with E-state index >= 15 is 0 Å². The van der Waals surface area contributed by atoms with E-state index in [-0.39, 0.29) is 19.3 Å². The summed E-state index contributed by atoms with van der Waals surface area (Å²) in [6.45, 7) is 10.9. The maximum absolute atomic E-state index is 10.9. The predicted molar refractivity (Wildman–Crippen MR) is 112 cm³/mol. The van der Waals surface area contributed by atoms with E-state index in [4.69, 9.17) is 28.8 Å². The Morgan fingerprint density at radius 3 is 2.43 bits per heavy atom. The number of carbonyl (C=O) groups excluding carboxylic acids is 1. The zero-order chi connectivity index (χ0) is 22.3. The van der Waals surface area contributed by atoms with Gasteiger partial charge in [-0.25, -0.2) is 4.79 Å². The summed E-state index contributed by atoms with van der Waals surface area (Å²) in [6.07, 6.45) is 4.83. The summed E-state index contributed by atoms with van der Waals surface area (Å²) in [5.74, 6) is -0.416. The van der Waals surface area contributed by atoms with Crippen molar-refractivity contribution in [3.63, 3.8) is 0 Å². The highest BCUT2D eigenvalue weighted by atomic mass is 16.6. The lowest BCUT2D eigenvalue weighted by Crippen LogP contribution is -2.85. The minimum Gasteiger partial charge on any atom is -0.463 e. The van der Waals surface area contributed by atoms with Crippen LogP contribution >= 0.6 is 0 Å². The molecule has 0 saturated heterocycles. The number of aliphatic hydroxyl groups is 2. The van der Waals surface area contributed by atoms with Crippen LogP contribution in [0.15, 0.2) is 25.3 Å². The first-order valence-electron chi connectivity index (χ1n) is 10.5. The second kappa shape index (κ2) is 22.4. The van der Waals surface area contributed by atoms with Gasteiger partial charge in [0, 0.05) is 19.3 Å². The van der Waals surface area contributed by atoms with E-state index in [2.05, 4.69) is 13.2 Å². The van der Waals surface area contributed by atoms with Gasteiger partial charge in [-0.1, -0.05) is 12.7 Å². The molecule has 2 atom stereocenters. The third kappa shape index (κ3) is 20.0. The first kappa shape index (κ1) is 28.7. The Morgan fingerprint density at radius 1 is 1.00 bits per heavy atom. The molecule has 0 radical (unpaired) electrons. The fourth-order valence-electron chi connectivity index (χ4n) is 2.19. The molecule has 0 amide bonds. The van der Waals surface area contributed by atoms with Gasteiger partial charge in [-0.3, -0.25) is 0 Å². The summed E-state index contributed by atoms with van der Waals surface area (Å²) in [5, 5.41) is 20.4. The van der Waals surface area contributed by atoms with Gasteiger partial charge in [-0.05, 0) is 25.7 Å². The summed E-state index contributed by atoms with van der Waals surface area (Å²) >= 11 is 0. The second-order valence-corrected chi connectivity index (χ2v) is 6.58. The Bertz CT molecular complexity index is 422. The van der Waals surface area contributed by atoms with Crippen molar-refractivity contribution in [2.24, 2.45) is 0 Å². The number of hydrogen-bond donors (Lipinski definition) is 3. The molecule has 9 heteroatoms. The summed E-state index contributed by atoms with van der Waals surface area (Å²) in [4.78, 5) is 10.9. The molecule has 0 aliphatic rings. The number of aliphatic hydroxyl groups excluding tert-OH is 2. The van der Waals surface area contributed by atoms with Crippen LogP contribution in [0.25, 0.3) is 0 Å². The van der Waals surface area contributed by atoms with Gasteiger partial charge in [-0.15, -0.1) is 6.58 Å². The smallest absolute Gasteiger partial charge is 0.330 e. The molecular weight excluding hydrogens is 394 g/mol. The molecule has 176 valence electrons. The van der Waals surface area contributed by atoms with Gasteiger partial charge < -0.3 is 39.2 Å². The average Bonchev–Trinajstić information content (AvgIpc) is 2.75. The Balaban J connectivity index is 3.83. The Kier molecular flexibility index (Phi) is 21.4. The number of nitrogens with two attached hydrogens (primary N) is 1. The van der Waals surface area contributed by atoms with E-state index in [0.29, 0.717) is 59.3 Å². The molecule has 2 unspecified atom stereocenters. The van der Waals surface area contributed by atoms with Crippen LogP contribution in [0.1, 0.15) is 25.7 Å². The van der Waals surface area contributed by atoms with Crippen molar-refractivity contribution < 1.29 is 44.0 Å². The minimum absolute atomic E-state index is 0.102. The minimum atomic E-state index is -0.598. The number of carbonyl (C=O) groups is 1. The molecule has 0 saturated carbocycles. The van der Waals surface area contributed by atoms with Gasteiger partial charge in [0.05, 0.1) is 45.7 Å². The normalized spacial score (nSPS) is 13.0. The first-order valence-corrected chi connectivity index (χ1v) is 10.5. The SMILES string of the molecule is C=CCCOC(COCCCCOC(=O)C=C)COCCC(O)COC[NH2+]CCO. The third-order valence-corrected chi connectivity index (χ3v) is 3.85. The number of quaternary nitrogens is 1. The van der Waals surface area contributed by atoms with Crippen molar-refractivity contribution in [3.8, 4) is 0 Å². The maximum atomic E-state index is 10.9. The number of ether oxygens (including phenoxy) is 5. The highest BCUT2D eigenvalue weighted by Gasteiger charge is 2.11. The lowest BCUT2D eigenvalue weighted by molar-refractivity contribution is -0.688. The van der Waals surface area contributed by atoms with Gasteiger partial charge in [0.25, 0.3) is 0 Å². The molecule has 0 rings (SSSR count). The van der Waals surface area contributed by atoms with Gasteiger partial charge in [0.2, 0.25) is 0 Å². The van der Waals surface area contributed by atoms with E-state index in [1.165, 1.54) is 0 Å². The molecule has 0 aliphatic heterocycles. The van der Waals surface area contributed by atoms with Gasteiger partial charge in [0.15, 0.2) is 6.73 Å². The molecule has 0 aromatic carbocycles. The summed E-state index contributed by atoms with van der Waals surface area (Å²) in [5.41, 5.74) is 0. The van der Waals surface area contributed by atoms with Crippen LogP contribution < -0.4 is 5.32 Å². The van der Waals surface area contributed by atoms with E-state index < -0.39 is 12.1 Å². The van der Waals surface area contributed by atoms with Crippen molar-refractivity contribution >= 4 is 5.97 Å². The van der Waals surface area contributed by atoms with E-state index in [0.717, 1.165) is 25.3 Å². The number of rotatable bonds is 23. The predicted octanol–water partition coefficient (Wildman–Crippen LogP) is -0.229. The van der Waals surface area contributed by atoms with Gasteiger partial charge >= 0.3 is 5.97 Å². The quantitative estimate of drug-likeness (QED) is 0.0663. The summed E-state index contributed by atoms with van der Waals surface area (Å²) in [6, 6.07) is 0. The van der Waals surface area contributed by atoms with Crippen LogP contribution in [0.4, 0.5) is 0 Å². The van der Waals surface area contributed by atoms with Crippen LogP contribution in [0, 0.1) is 0 Å². The fourth-order valence-corrected chi connectivity index (χ4v) is 2.19. The third-order valence-electron chi connectivity index (χ3n) is 3.85. The average molecular weight is 435 g/mol. The molecule has 0 aromatic heterocycles. The van der Waals surface area contributed by atoms with Crippen molar-refractivity contribution in [2.45, 2.75) is 37.9 Å². The zero-order valence-electron chi connectivity index (χ0n) is 18.0. The van der Waals surface area contributed by atoms with Crippen LogP contribution in [0.2, 0.25) is 0 Å². The second-order valence-electron chi connectivity index (χ2n) is 6.58. The fraction of sp³-hybridized carbons (Fsp3) is 0.762. The van der Waals surface area contributed by atoms with E-state index in [1.807, 2.05) is 5.32 Å². The van der Waals surface area contributed by atoms with E-state index in [9.17, 15) is 9.90 Å². The van der Waals surface area contributed by atoms with Gasteiger partial charge in [0.1, 0.15) is 12.6 Å². The maximum Gasteiger partial charge on any atom is 0.330 e. The van der Waals surface area contributed by atoms with Crippen molar-refractivity contribution in [1.82, 2.24) is 0 Å². The highest BCUT2D eigenvalue weighted by Crippen LogP contribution is 2.01. The molecule has 0 spiro atoms. The Morgan fingerprint density at radius 2 is 1.73 bits per heavy atom. The lowest BCUT2D eigenvalue weighted by atomic mass is 10.3. The van der Waals surface area contributed by atoms with Crippen LogP contribution in [0.3, 0.4) is 0 Å². The summed E-state index contributed by atoms with van der Waals surface area (Å²) < 4.78 is 27.2. The molecule has 30 heavy (non-hydrogen) atoms.